The molecule has 0 saturated carbocycles. The second-order valence-electron chi connectivity index (χ2n) is 7.24. The number of aromatic nitrogens is 2. The van der Waals surface area contributed by atoms with E-state index in [1.54, 1.807) is 0 Å². The molecule has 29 heavy (non-hydrogen) atoms. The highest BCUT2D eigenvalue weighted by Gasteiger charge is 2.26. The molecule has 1 fully saturated rings. The van der Waals surface area contributed by atoms with Crippen LogP contribution in [-0.2, 0) is 13.6 Å². The van der Waals surface area contributed by atoms with E-state index in [0.717, 1.165) is 37.5 Å². The minimum Gasteiger partial charge on any atom is -0.352 e. The Morgan fingerprint density at radius 2 is 2.17 bits per heavy atom. The number of aliphatic imine (C=N–C) groups is 1. The van der Waals surface area contributed by atoms with E-state index in [4.69, 9.17) is 0 Å². The van der Waals surface area contributed by atoms with Crippen molar-refractivity contribution in [2.45, 2.75) is 32.2 Å². The predicted molar refractivity (Wildman–Crippen MR) is 127 cm³/mol. The zero-order valence-corrected chi connectivity index (χ0v) is 19.7. The largest absolute Gasteiger partial charge is 0.352 e. The highest BCUT2D eigenvalue weighted by atomic mass is 127. The third kappa shape index (κ3) is 6.19. The molecule has 1 aliphatic rings. The summed E-state index contributed by atoms with van der Waals surface area (Å²) in [6.07, 6.45) is 6.08. The average molecular weight is 510 g/mol. The summed E-state index contributed by atoms with van der Waals surface area (Å²) in [6.45, 7) is 5.28. The van der Waals surface area contributed by atoms with Crippen molar-refractivity contribution < 1.29 is 4.79 Å². The molecule has 7 nitrogen and oxygen atoms in total. The maximum atomic E-state index is 12.2. The Morgan fingerprint density at radius 3 is 2.86 bits per heavy atom. The summed E-state index contributed by atoms with van der Waals surface area (Å²) < 4.78 is 1.86. The normalized spacial score (nSPS) is 16.4. The molecule has 2 heterocycles. The molecule has 0 radical (unpaired) electrons. The smallest absolute Gasteiger partial charge is 0.251 e. The van der Waals surface area contributed by atoms with Crippen molar-refractivity contribution in [2.24, 2.45) is 12.0 Å². The fraction of sp³-hybridized carbons (Fsp3) is 0.476. The van der Waals surface area contributed by atoms with E-state index in [1.807, 2.05) is 56.2 Å². The Hall–Kier alpha value is -2.10. The monoisotopic (exact) mass is 510 g/mol. The average Bonchev–Trinajstić information content (AvgIpc) is 3.36. The van der Waals surface area contributed by atoms with Crippen molar-refractivity contribution in [1.29, 1.82) is 0 Å². The Bertz CT molecular complexity index is 834. The minimum atomic E-state index is -0.0214. The number of halogens is 1. The highest BCUT2D eigenvalue weighted by molar-refractivity contribution is 14.0. The number of carbonyl (C=O) groups is 1. The molecular weight excluding hydrogens is 479 g/mol. The molecule has 1 unspecified atom stereocenters. The van der Waals surface area contributed by atoms with Crippen LogP contribution >= 0.6 is 24.0 Å². The van der Waals surface area contributed by atoms with Gasteiger partial charge in [0.05, 0.1) is 6.20 Å². The molecule has 158 valence electrons. The molecule has 1 aliphatic heterocycles. The van der Waals surface area contributed by atoms with E-state index < -0.39 is 0 Å². The molecule has 1 aromatic carbocycles. The summed E-state index contributed by atoms with van der Waals surface area (Å²) >= 11 is 0. The van der Waals surface area contributed by atoms with Gasteiger partial charge in [-0.2, -0.15) is 5.10 Å². The topological polar surface area (TPSA) is 74.6 Å². The van der Waals surface area contributed by atoms with E-state index in [-0.39, 0.29) is 29.9 Å². The number of carbonyl (C=O) groups excluding carboxylic acids is 1. The third-order valence-electron chi connectivity index (χ3n) is 5.07. The lowest BCUT2D eigenvalue weighted by Gasteiger charge is -2.21. The first-order chi connectivity index (χ1) is 13.6. The van der Waals surface area contributed by atoms with Crippen LogP contribution in [0.15, 0.2) is 41.7 Å². The van der Waals surface area contributed by atoms with E-state index in [2.05, 4.69) is 31.8 Å². The van der Waals surface area contributed by atoms with Crippen molar-refractivity contribution in [3.8, 4) is 0 Å². The van der Waals surface area contributed by atoms with Gasteiger partial charge in [0.25, 0.3) is 5.91 Å². The quantitative estimate of drug-likeness (QED) is 0.356. The van der Waals surface area contributed by atoms with Crippen LogP contribution < -0.4 is 10.6 Å². The fourth-order valence-corrected chi connectivity index (χ4v) is 3.55. The van der Waals surface area contributed by atoms with Crippen LogP contribution in [-0.4, -0.2) is 53.2 Å². The van der Waals surface area contributed by atoms with Crippen LogP contribution in [0.2, 0.25) is 0 Å². The number of hydrogen-bond donors (Lipinski definition) is 2. The predicted octanol–water partition coefficient (Wildman–Crippen LogP) is 2.74. The van der Waals surface area contributed by atoms with Crippen LogP contribution in [0.4, 0.5) is 0 Å². The number of nitrogens with zero attached hydrogens (tertiary/aromatic N) is 4. The van der Waals surface area contributed by atoms with Gasteiger partial charge in [0, 0.05) is 58.0 Å². The molecule has 3 rings (SSSR count). The number of guanidine groups is 1. The Morgan fingerprint density at radius 1 is 1.34 bits per heavy atom. The van der Waals surface area contributed by atoms with Gasteiger partial charge in [-0.3, -0.25) is 14.5 Å². The van der Waals surface area contributed by atoms with Crippen molar-refractivity contribution in [1.82, 2.24) is 25.3 Å². The molecule has 1 saturated heterocycles. The van der Waals surface area contributed by atoms with E-state index in [1.165, 1.54) is 5.56 Å². The summed E-state index contributed by atoms with van der Waals surface area (Å²) in [4.78, 5) is 18.9. The summed E-state index contributed by atoms with van der Waals surface area (Å²) in [5, 5.41) is 10.6. The van der Waals surface area contributed by atoms with Crippen molar-refractivity contribution in [2.75, 3.05) is 26.7 Å². The number of likely N-dealkylation sites (tertiary alicyclic amines) is 1. The number of aryl methyl sites for hydroxylation is 1. The number of amides is 1. The van der Waals surface area contributed by atoms with Crippen molar-refractivity contribution in [3.05, 3.63) is 53.3 Å². The first-order valence-electron chi connectivity index (χ1n) is 9.92. The third-order valence-corrected chi connectivity index (χ3v) is 5.07. The first kappa shape index (κ1) is 23.2. The van der Waals surface area contributed by atoms with Crippen molar-refractivity contribution >= 4 is 35.8 Å². The van der Waals surface area contributed by atoms with E-state index >= 15 is 0 Å². The van der Waals surface area contributed by atoms with Crippen LogP contribution in [0.25, 0.3) is 0 Å². The second kappa shape index (κ2) is 11.2. The Kier molecular flexibility index (Phi) is 8.94. The molecular formula is C21H31IN6O. The van der Waals surface area contributed by atoms with Gasteiger partial charge < -0.3 is 15.5 Å². The van der Waals surface area contributed by atoms with E-state index in [9.17, 15) is 4.79 Å². The molecule has 2 N–H and O–H groups in total. The molecule has 1 atom stereocenters. The summed E-state index contributed by atoms with van der Waals surface area (Å²) in [5.74, 6) is 1.36. The minimum absolute atomic E-state index is 0. The first-order valence-corrected chi connectivity index (χ1v) is 9.92. The second-order valence-corrected chi connectivity index (χ2v) is 7.24. The fourth-order valence-electron chi connectivity index (χ4n) is 3.55. The van der Waals surface area contributed by atoms with Crippen LogP contribution in [0.1, 0.15) is 47.2 Å². The zero-order chi connectivity index (χ0) is 19.9. The van der Waals surface area contributed by atoms with Crippen LogP contribution in [0.3, 0.4) is 0 Å². The van der Waals surface area contributed by atoms with Crippen LogP contribution in [0.5, 0.6) is 0 Å². The Balaban J connectivity index is 0.00000300. The lowest BCUT2D eigenvalue weighted by molar-refractivity contribution is 0.0953. The SMILES string of the molecule is CCCNC(=O)c1cccc(CNC(=NC)N2CCC(c3cnn(C)c3)C2)c1.I. The molecule has 1 amide bonds. The zero-order valence-electron chi connectivity index (χ0n) is 17.4. The standard InChI is InChI=1S/C21H30N6O.HI/c1-4-9-23-20(28)17-7-5-6-16(11-17)12-24-21(22-2)27-10-8-18(15-27)19-13-25-26(3)14-19;/h5-7,11,13-14,18H,4,8-10,12,15H2,1-3H3,(H,22,24)(H,23,28);1H. The maximum Gasteiger partial charge on any atom is 0.251 e. The molecule has 1 aromatic heterocycles. The number of nitrogens with one attached hydrogen (secondary N) is 2. The van der Waals surface area contributed by atoms with Gasteiger partial charge in [-0.25, -0.2) is 0 Å². The van der Waals surface area contributed by atoms with Gasteiger partial charge in [-0.1, -0.05) is 19.1 Å². The van der Waals surface area contributed by atoms with Crippen molar-refractivity contribution in [3.63, 3.8) is 0 Å². The molecule has 0 bridgehead atoms. The Labute approximate surface area is 190 Å². The van der Waals surface area contributed by atoms with Gasteiger partial charge in [0.1, 0.15) is 0 Å². The van der Waals surface area contributed by atoms with E-state index in [0.29, 0.717) is 24.6 Å². The highest BCUT2D eigenvalue weighted by Crippen LogP contribution is 2.26. The maximum absolute atomic E-state index is 12.2. The summed E-state index contributed by atoms with van der Waals surface area (Å²) in [6, 6.07) is 7.74. The van der Waals surface area contributed by atoms with Gasteiger partial charge in [-0.15, -0.1) is 24.0 Å². The van der Waals surface area contributed by atoms with Gasteiger partial charge >= 0.3 is 0 Å². The lowest BCUT2D eigenvalue weighted by Crippen LogP contribution is -2.39. The number of hydrogen-bond acceptors (Lipinski definition) is 3. The van der Waals surface area contributed by atoms with Gasteiger partial charge in [0.15, 0.2) is 5.96 Å². The van der Waals surface area contributed by atoms with Gasteiger partial charge in [-0.05, 0) is 36.1 Å². The lowest BCUT2D eigenvalue weighted by atomic mass is 10.0. The molecule has 0 spiro atoms. The molecule has 8 heteroatoms. The molecule has 2 aromatic rings. The number of rotatable bonds is 6. The summed E-state index contributed by atoms with van der Waals surface area (Å²) in [7, 11) is 3.77. The van der Waals surface area contributed by atoms with Gasteiger partial charge in [0.2, 0.25) is 0 Å². The molecule has 0 aliphatic carbocycles. The van der Waals surface area contributed by atoms with Crippen LogP contribution in [0, 0.1) is 0 Å². The summed E-state index contributed by atoms with van der Waals surface area (Å²) in [5.41, 5.74) is 3.04. The number of benzene rings is 1.